The third-order valence-electron chi connectivity index (χ3n) is 4.79. The van der Waals surface area contributed by atoms with Crippen molar-refractivity contribution >= 4 is 28.9 Å². The summed E-state index contributed by atoms with van der Waals surface area (Å²) in [5, 5.41) is 6.99. The van der Waals surface area contributed by atoms with Crippen LogP contribution in [0.3, 0.4) is 0 Å². The van der Waals surface area contributed by atoms with Gasteiger partial charge in [-0.15, -0.1) is 0 Å². The number of carbonyl (C=O) groups is 1. The van der Waals surface area contributed by atoms with Crippen LogP contribution >= 0.6 is 11.6 Å². The highest BCUT2D eigenvalue weighted by Gasteiger charge is 2.35. The predicted molar refractivity (Wildman–Crippen MR) is 81.1 cm³/mol. The van der Waals surface area contributed by atoms with E-state index in [1.165, 1.54) is 12.8 Å². The van der Waals surface area contributed by atoms with E-state index in [0.717, 1.165) is 35.3 Å². The summed E-state index contributed by atoms with van der Waals surface area (Å²) in [7, 11) is 0. The summed E-state index contributed by atoms with van der Waals surface area (Å²) in [4.78, 5) is 11.4. The van der Waals surface area contributed by atoms with Crippen LogP contribution < -0.4 is 10.6 Å². The van der Waals surface area contributed by atoms with Gasteiger partial charge in [0, 0.05) is 12.2 Å². The van der Waals surface area contributed by atoms with Gasteiger partial charge >= 0.3 is 0 Å². The number of fused-ring (bicyclic) bond motifs is 3. The molecular formula is C16H17ClN2O. The molecule has 0 aromatic heterocycles. The standard InChI is InChI=1S/C16H17ClN2O/c17-13-7-14-11(6-16(20)19-14)5-15(13)18-8-12-4-9-1-2-10(12)3-9/h1-2,5,7,9-10,12,18H,3-4,6,8H2,(H,19,20). The van der Waals surface area contributed by atoms with E-state index < -0.39 is 0 Å². The lowest BCUT2D eigenvalue weighted by Gasteiger charge is -2.20. The maximum absolute atomic E-state index is 11.4. The largest absolute Gasteiger partial charge is 0.384 e. The Labute approximate surface area is 123 Å². The molecule has 1 saturated carbocycles. The summed E-state index contributed by atoms with van der Waals surface area (Å²) in [6, 6.07) is 3.86. The Morgan fingerprint density at radius 2 is 2.20 bits per heavy atom. The molecule has 1 amide bonds. The third kappa shape index (κ3) is 2.01. The van der Waals surface area contributed by atoms with Crippen LogP contribution in [0, 0.1) is 17.8 Å². The Balaban J connectivity index is 1.48. The molecule has 3 aliphatic rings. The first kappa shape index (κ1) is 12.3. The van der Waals surface area contributed by atoms with Gasteiger partial charge in [-0.2, -0.15) is 0 Å². The van der Waals surface area contributed by atoms with Crippen molar-refractivity contribution in [1.29, 1.82) is 0 Å². The molecule has 4 rings (SSSR count). The SMILES string of the molecule is O=C1Cc2cc(NCC3CC4C=CC3C4)c(Cl)cc2N1. The van der Waals surface area contributed by atoms with Gasteiger partial charge in [0.15, 0.2) is 0 Å². The van der Waals surface area contributed by atoms with Crippen LogP contribution in [-0.2, 0) is 11.2 Å². The van der Waals surface area contributed by atoms with Crippen LogP contribution in [0.25, 0.3) is 0 Å². The van der Waals surface area contributed by atoms with Gasteiger partial charge in [0.1, 0.15) is 0 Å². The molecule has 0 radical (unpaired) electrons. The average molecular weight is 289 g/mol. The Kier molecular flexibility index (Phi) is 2.77. The molecule has 2 bridgehead atoms. The van der Waals surface area contributed by atoms with Crippen molar-refractivity contribution in [3.05, 3.63) is 34.9 Å². The zero-order valence-electron chi connectivity index (χ0n) is 11.2. The molecule has 2 N–H and O–H groups in total. The van der Waals surface area contributed by atoms with Crippen molar-refractivity contribution in [2.45, 2.75) is 19.3 Å². The minimum atomic E-state index is 0.0476. The molecule has 3 atom stereocenters. The van der Waals surface area contributed by atoms with Crippen molar-refractivity contribution in [3.8, 4) is 0 Å². The van der Waals surface area contributed by atoms with Gasteiger partial charge in [0.2, 0.25) is 5.91 Å². The number of benzene rings is 1. The zero-order valence-corrected chi connectivity index (χ0v) is 11.9. The fraction of sp³-hybridized carbons (Fsp3) is 0.438. The highest BCUT2D eigenvalue weighted by Crippen LogP contribution is 2.43. The van der Waals surface area contributed by atoms with Crippen LogP contribution in [0.1, 0.15) is 18.4 Å². The van der Waals surface area contributed by atoms with E-state index in [-0.39, 0.29) is 5.91 Å². The summed E-state index contributed by atoms with van der Waals surface area (Å²) < 4.78 is 0. The molecule has 104 valence electrons. The second-order valence-electron chi connectivity index (χ2n) is 6.14. The quantitative estimate of drug-likeness (QED) is 0.836. The lowest BCUT2D eigenvalue weighted by atomic mass is 9.93. The third-order valence-corrected chi connectivity index (χ3v) is 5.10. The molecule has 3 unspecified atom stereocenters. The normalized spacial score (nSPS) is 29.6. The molecule has 2 aliphatic carbocycles. The van der Waals surface area contributed by atoms with Gasteiger partial charge in [-0.3, -0.25) is 4.79 Å². The molecule has 20 heavy (non-hydrogen) atoms. The van der Waals surface area contributed by atoms with Crippen molar-refractivity contribution in [2.75, 3.05) is 17.2 Å². The minimum Gasteiger partial charge on any atom is -0.384 e. The number of hydrogen-bond acceptors (Lipinski definition) is 2. The van der Waals surface area contributed by atoms with Crippen LogP contribution in [0.4, 0.5) is 11.4 Å². The Hall–Kier alpha value is -1.48. The molecule has 0 saturated heterocycles. The van der Waals surface area contributed by atoms with Crippen LogP contribution in [0.2, 0.25) is 5.02 Å². The summed E-state index contributed by atoms with van der Waals surface area (Å²) in [5.41, 5.74) is 2.84. The fourth-order valence-corrected chi connectivity index (χ4v) is 3.98. The molecule has 1 heterocycles. The van der Waals surface area contributed by atoms with Gasteiger partial charge in [-0.25, -0.2) is 0 Å². The Morgan fingerprint density at radius 3 is 2.95 bits per heavy atom. The van der Waals surface area contributed by atoms with Gasteiger partial charge in [0.05, 0.1) is 17.1 Å². The molecule has 1 aromatic rings. The van der Waals surface area contributed by atoms with Crippen LogP contribution in [0.5, 0.6) is 0 Å². The average Bonchev–Trinajstić information content (AvgIpc) is 3.09. The summed E-state index contributed by atoms with van der Waals surface area (Å²) in [6.45, 7) is 0.964. The molecule has 1 aliphatic heterocycles. The van der Waals surface area contributed by atoms with Crippen molar-refractivity contribution in [1.82, 2.24) is 0 Å². The first-order chi connectivity index (χ1) is 9.69. The van der Waals surface area contributed by atoms with Gasteiger partial charge in [-0.05, 0) is 48.3 Å². The van der Waals surface area contributed by atoms with Crippen LogP contribution in [-0.4, -0.2) is 12.5 Å². The Morgan fingerprint density at radius 1 is 1.30 bits per heavy atom. The molecule has 1 aromatic carbocycles. The zero-order chi connectivity index (χ0) is 13.7. The summed E-state index contributed by atoms with van der Waals surface area (Å²) in [6.07, 6.45) is 7.80. The van der Waals surface area contributed by atoms with E-state index in [1.54, 1.807) is 0 Å². The molecule has 1 fully saturated rings. The number of carbonyl (C=O) groups excluding carboxylic acids is 1. The monoisotopic (exact) mass is 288 g/mol. The van der Waals surface area contributed by atoms with Crippen molar-refractivity contribution in [3.63, 3.8) is 0 Å². The Bertz CT molecular complexity index is 611. The first-order valence-electron chi connectivity index (χ1n) is 7.23. The van der Waals surface area contributed by atoms with Gasteiger partial charge < -0.3 is 10.6 Å². The summed E-state index contributed by atoms with van der Waals surface area (Å²) in [5.74, 6) is 2.30. The number of allylic oxidation sites excluding steroid dienone is 2. The highest BCUT2D eigenvalue weighted by molar-refractivity contribution is 6.33. The fourth-order valence-electron chi connectivity index (χ4n) is 3.75. The minimum absolute atomic E-state index is 0.0476. The van der Waals surface area contributed by atoms with E-state index in [1.807, 2.05) is 12.1 Å². The lowest BCUT2D eigenvalue weighted by molar-refractivity contribution is -0.115. The maximum Gasteiger partial charge on any atom is 0.228 e. The second kappa shape index (κ2) is 4.52. The maximum atomic E-state index is 11.4. The number of anilines is 2. The van der Waals surface area contributed by atoms with E-state index in [9.17, 15) is 4.79 Å². The second-order valence-corrected chi connectivity index (χ2v) is 6.54. The van der Waals surface area contributed by atoms with Crippen molar-refractivity contribution in [2.24, 2.45) is 17.8 Å². The van der Waals surface area contributed by atoms with Crippen LogP contribution in [0.15, 0.2) is 24.3 Å². The van der Waals surface area contributed by atoms with Crippen molar-refractivity contribution < 1.29 is 4.79 Å². The summed E-state index contributed by atoms with van der Waals surface area (Å²) >= 11 is 6.29. The number of halogens is 1. The molecule has 4 heteroatoms. The van der Waals surface area contributed by atoms with E-state index in [4.69, 9.17) is 11.6 Å². The van der Waals surface area contributed by atoms with E-state index >= 15 is 0 Å². The number of hydrogen-bond donors (Lipinski definition) is 2. The smallest absolute Gasteiger partial charge is 0.228 e. The predicted octanol–water partition coefficient (Wildman–Crippen LogP) is 3.46. The first-order valence-corrected chi connectivity index (χ1v) is 7.61. The van der Waals surface area contributed by atoms with Gasteiger partial charge in [-0.1, -0.05) is 23.8 Å². The molecular weight excluding hydrogens is 272 g/mol. The highest BCUT2D eigenvalue weighted by atomic mass is 35.5. The lowest BCUT2D eigenvalue weighted by Crippen LogP contribution is -2.18. The van der Waals surface area contributed by atoms with E-state index in [0.29, 0.717) is 17.4 Å². The molecule has 3 nitrogen and oxygen atoms in total. The van der Waals surface area contributed by atoms with E-state index in [2.05, 4.69) is 22.8 Å². The number of amides is 1. The number of rotatable bonds is 3. The molecule has 0 spiro atoms. The van der Waals surface area contributed by atoms with Gasteiger partial charge in [0.25, 0.3) is 0 Å². The number of nitrogens with one attached hydrogen (secondary N) is 2. The topological polar surface area (TPSA) is 41.1 Å².